The predicted octanol–water partition coefficient (Wildman–Crippen LogP) is 2.20. The van der Waals surface area contributed by atoms with Crippen LogP contribution in [0.2, 0.25) is 0 Å². The summed E-state index contributed by atoms with van der Waals surface area (Å²) in [4.78, 5) is 0. The van der Waals surface area contributed by atoms with Crippen LogP contribution in [0.4, 0.5) is 4.39 Å². The van der Waals surface area contributed by atoms with Crippen LogP contribution < -0.4 is 10.2 Å². The van der Waals surface area contributed by atoms with Gasteiger partial charge in [0.2, 0.25) is 0 Å². The molecule has 0 spiro atoms. The summed E-state index contributed by atoms with van der Waals surface area (Å²) in [5.41, 5.74) is 1.44. The van der Waals surface area contributed by atoms with Gasteiger partial charge in [-0.15, -0.1) is 0 Å². The predicted molar refractivity (Wildman–Crippen MR) is 62.6 cm³/mol. The SMILES string of the molecule is [B]c1cccc(OCc2cccc(F)c2)c1. The average Bonchev–Trinajstić information content (AvgIpc) is 2.27. The van der Waals surface area contributed by atoms with E-state index in [2.05, 4.69) is 0 Å². The molecule has 0 atom stereocenters. The van der Waals surface area contributed by atoms with E-state index in [-0.39, 0.29) is 5.82 Å². The van der Waals surface area contributed by atoms with E-state index in [1.165, 1.54) is 12.1 Å². The van der Waals surface area contributed by atoms with E-state index in [0.717, 1.165) is 5.56 Å². The van der Waals surface area contributed by atoms with Gasteiger partial charge in [0.25, 0.3) is 0 Å². The first-order valence-electron chi connectivity index (χ1n) is 4.97. The summed E-state index contributed by atoms with van der Waals surface area (Å²) in [5, 5.41) is 0. The monoisotopic (exact) mass is 212 g/mol. The molecule has 0 aliphatic heterocycles. The summed E-state index contributed by atoms with van der Waals surface area (Å²) in [6, 6.07) is 13.5. The number of ether oxygens (including phenoxy) is 1. The Morgan fingerprint density at radius 2 is 1.88 bits per heavy atom. The van der Waals surface area contributed by atoms with Crippen molar-refractivity contribution in [2.45, 2.75) is 6.61 Å². The van der Waals surface area contributed by atoms with Crippen LogP contribution in [0.3, 0.4) is 0 Å². The van der Waals surface area contributed by atoms with Gasteiger partial charge in [0, 0.05) is 0 Å². The molecule has 0 N–H and O–H groups in total. The number of halogens is 1. The van der Waals surface area contributed by atoms with Gasteiger partial charge in [-0.1, -0.05) is 29.7 Å². The molecule has 0 aliphatic rings. The zero-order valence-electron chi connectivity index (χ0n) is 8.69. The fourth-order valence-electron chi connectivity index (χ4n) is 1.40. The topological polar surface area (TPSA) is 9.23 Å². The van der Waals surface area contributed by atoms with Crippen LogP contribution in [-0.2, 0) is 6.61 Å². The zero-order valence-corrected chi connectivity index (χ0v) is 8.69. The zero-order chi connectivity index (χ0) is 11.4. The van der Waals surface area contributed by atoms with E-state index < -0.39 is 0 Å². The largest absolute Gasteiger partial charge is 0.489 e. The van der Waals surface area contributed by atoms with Crippen molar-refractivity contribution >= 4 is 13.3 Å². The Hall–Kier alpha value is -1.77. The third-order valence-corrected chi connectivity index (χ3v) is 2.15. The summed E-state index contributed by atoms with van der Waals surface area (Å²) in [5.74, 6) is 0.429. The molecule has 0 unspecified atom stereocenters. The molecule has 2 aromatic carbocycles. The van der Waals surface area contributed by atoms with E-state index in [4.69, 9.17) is 12.6 Å². The molecule has 2 aromatic rings. The minimum absolute atomic E-state index is 0.256. The van der Waals surface area contributed by atoms with Gasteiger partial charge in [-0.05, 0) is 29.8 Å². The quantitative estimate of drug-likeness (QED) is 0.708. The first kappa shape index (κ1) is 10.7. The van der Waals surface area contributed by atoms with Gasteiger partial charge in [-0.2, -0.15) is 0 Å². The van der Waals surface area contributed by atoms with E-state index >= 15 is 0 Å². The molecular formula is C13H10BFO. The molecule has 0 aromatic heterocycles. The molecule has 2 rings (SSSR count). The fourth-order valence-corrected chi connectivity index (χ4v) is 1.40. The molecule has 78 valence electrons. The van der Waals surface area contributed by atoms with Crippen LogP contribution in [0.25, 0.3) is 0 Å². The van der Waals surface area contributed by atoms with E-state index in [1.807, 2.05) is 18.2 Å². The van der Waals surface area contributed by atoms with Crippen LogP contribution >= 0.6 is 0 Å². The highest BCUT2D eigenvalue weighted by Crippen LogP contribution is 2.11. The summed E-state index contributed by atoms with van der Waals surface area (Å²) in [6.07, 6.45) is 0. The van der Waals surface area contributed by atoms with Crippen molar-refractivity contribution in [3.8, 4) is 5.75 Å². The Morgan fingerprint density at radius 3 is 2.62 bits per heavy atom. The molecule has 0 saturated heterocycles. The minimum Gasteiger partial charge on any atom is -0.489 e. The summed E-state index contributed by atoms with van der Waals surface area (Å²) < 4.78 is 18.4. The highest BCUT2D eigenvalue weighted by molar-refractivity contribution is 6.32. The number of benzene rings is 2. The first-order chi connectivity index (χ1) is 7.74. The van der Waals surface area contributed by atoms with Crippen molar-refractivity contribution in [2.75, 3.05) is 0 Å². The van der Waals surface area contributed by atoms with Gasteiger partial charge in [0.05, 0.1) is 0 Å². The summed E-state index contributed by atoms with van der Waals surface area (Å²) in [7, 11) is 5.61. The van der Waals surface area contributed by atoms with Crippen molar-refractivity contribution in [2.24, 2.45) is 0 Å². The lowest BCUT2D eigenvalue weighted by molar-refractivity contribution is 0.306. The van der Waals surface area contributed by atoms with Crippen molar-refractivity contribution in [3.05, 3.63) is 59.9 Å². The molecule has 16 heavy (non-hydrogen) atoms. The van der Waals surface area contributed by atoms with E-state index in [1.54, 1.807) is 18.2 Å². The van der Waals surface area contributed by atoms with Crippen molar-refractivity contribution in [1.82, 2.24) is 0 Å². The van der Waals surface area contributed by atoms with Gasteiger partial charge >= 0.3 is 0 Å². The maximum atomic E-state index is 12.9. The van der Waals surface area contributed by atoms with Gasteiger partial charge in [-0.3, -0.25) is 0 Å². The van der Waals surface area contributed by atoms with Crippen LogP contribution in [0.1, 0.15) is 5.56 Å². The molecule has 0 aliphatic carbocycles. The first-order valence-corrected chi connectivity index (χ1v) is 4.97. The third kappa shape index (κ3) is 2.86. The molecule has 0 heterocycles. The summed E-state index contributed by atoms with van der Waals surface area (Å²) in [6.45, 7) is 0.335. The molecule has 2 radical (unpaired) electrons. The fraction of sp³-hybridized carbons (Fsp3) is 0.0769. The Balaban J connectivity index is 2.02. The molecule has 0 bridgehead atoms. The van der Waals surface area contributed by atoms with Gasteiger partial charge < -0.3 is 4.74 Å². The number of rotatable bonds is 3. The van der Waals surface area contributed by atoms with Crippen LogP contribution in [0.15, 0.2) is 48.5 Å². The normalized spacial score (nSPS) is 10.1. The van der Waals surface area contributed by atoms with Gasteiger partial charge in [0.1, 0.15) is 26.0 Å². The second-order valence-electron chi connectivity index (χ2n) is 3.49. The van der Waals surface area contributed by atoms with E-state index in [9.17, 15) is 4.39 Å². The molecule has 1 nitrogen and oxygen atoms in total. The molecule has 0 amide bonds. The van der Waals surface area contributed by atoms with Crippen molar-refractivity contribution in [1.29, 1.82) is 0 Å². The maximum absolute atomic E-state index is 12.9. The van der Waals surface area contributed by atoms with Crippen LogP contribution in [0.5, 0.6) is 5.75 Å². The molecule has 0 fully saturated rings. The Labute approximate surface area is 95.3 Å². The highest BCUT2D eigenvalue weighted by atomic mass is 19.1. The Bertz CT molecular complexity index is 439. The second-order valence-corrected chi connectivity index (χ2v) is 3.49. The number of hydrogen-bond donors (Lipinski definition) is 0. The Kier molecular flexibility index (Phi) is 3.25. The number of hydrogen-bond acceptors (Lipinski definition) is 1. The van der Waals surface area contributed by atoms with Crippen molar-refractivity contribution < 1.29 is 9.13 Å². The third-order valence-electron chi connectivity index (χ3n) is 2.15. The van der Waals surface area contributed by atoms with Crippen LogP contribution in [-0.4, -0.2) is 7.85 Å². The molecule has 0 saturated carbocycles. The second kappa shape index (κ2) is 4.84. The van der Waals surface area contributed by atoms with Crippen LogP contribution in [0, 0.1) is 5.82 Å². The van der Waals surface area contributed by atoms with Gasteiger partial charge in [0.15, 0.2) is 0 Å². The summed E-state index contributed by atoms with van der Waals surface area (Å²) >= 11 is 0. The lowest BCUT2D eigenvalue weighted by Crippen LogP contribution is -2.03. The Morgan fingerprint density at radius 1 is 1.06 bits per heavy atom. The molecular weight excluding hydrogens is 202 g/mol. The lowest BCUT2D eigenvalue weighted by Gasteiger charge is -2.06. The highest BCUT2D eigenvalue weighted by Gasteiger charge is 1.97. The average molecular weight is 212 g/mol. The lowest BCUT2D eigenvalue weighted by atomic mass is 9.96. The maximum Gasteiger partial charge on any atom is 0.123 e. The molecule has 3 heteroatoms. The minimum atomic E-state index is -0.256. The standard InChI is InChI=1S/C13H10BFO/c14-11-4-2-6-13(8-11)16-9-10-3-1-5-12(15)7-10/h1-8H,9H2. The smallest absolute Gasteiger partial charge is 0.123 e. The van der Waals surface area contributed by atoms with Crippen molar-refractivity contribution in [3.63, 3.8) is 0 Å². The van der Waals surface area contributed by atoms with Gasteiger partial charge in [-0.25, -0.2) is 4.39 Å². The van der Waals surface area contributed by atoms with E-state index in [0.29, 0.717) is 17.8 Å².